The number of unbranched alkanes of at least 4 members (excludes halogenated alkanes) is 1. The minimum atomic E-state index is -0.394. The average Bonchev–Trinajstić information content (AvgIpc) is 3.24. The molecule has 1 N–H and O–H groups in total. The van der Waals surface area contributed by atoms with Crippen LogP contribution < -0.4 is 0 Å². The molecule has 0 aromatic carbocycles. The summed E-state index contributed by atoms with van der Waals surface area (Å²) in [5.74, 6) is 0.537. The van der Waals surface area contributed by atoms with Crippen LogP contribution in [0.3, 0.4) is 0 Å². The van der Waals surface area contributed by atoms with Gasteiger partial charge in [-0.05, 0) is 30.4 Å². The molecule has 2 aliphatic heterocycles. The Morgan fingerprint density at radius 1 is 1.45 bits per heavy atom. The highest BCUT2D eigenvalue weighted by Crippen LogP contribution is 2.34. The van der Waals surface area contributed by atoms with Crippen molar-refractivity contribution in [2.45, 2.75) is 31.5 Å². The Bertz CT molecular complexity index is 524. The summed E-state index contributed by atoms with van der Waals surface area (Å²) in [5, 5.41) is 10.9. The van der Waals surface area contributed by atoms with Crippen molar-refractivity contribution in [1.82, 2.24) is 4.90 Å². The first-order chi connectivity index (χ1) is 10.8. The minimum Gasteiger partial charge on any atom is -0.459 e. The second-order valence-corrected chi connectivity index (χ2v) is 6.51. The van der Waals surface area contributed by atoms with Crippen LogP contribution in [-0.2, 0) is 14.3 Å². The van der Waals surface area contributed by atoms with Crippen LogP contribution in [0.2, 0.25) is 0 Å². The predicted molar refractivity (Wildman–Crippen MR) is 83.5 cm³/mol. The van der Waals surface area contributed by atoms with Crippen LogP contribution in [0.5, 0.6) is 0 Å². The average molecular weight is 323 g/mol. The molecule has 1 amide bonds. The Morgan fingerprint density at radius 2 is 2.32 bits per heavy atom. The summed E-state index contributed by atoms with van der Waals surface area (Å²) in [5.41, 5.74) is 0. The molecule has 0 aliphatic carbocycles. The summed E-state index contributed by atoms with van der Waals surface area (Å²) >= 11 is 1.69. The molecule has 0 spiro atoms. The molecular weight excluding hydrogens is 302 g/mol. The molecule has 2 atom stereocenters. The van der Waals surface area contributed by atoms with Crippen molar-refractivity contribution in [3.05, 3.63) is 34.2 Å². The summed E-state index contributed by atoms with van der Waals surface area (Å²) in [6.45, 7) is 2.33. The highest BCUT2D eigenvalue weighted by molar-refractivity contribution is 7.10. The monoisotopic (exact) mass is 323 g/mol. The summed E-state index contributed by atoms with van der Waals surface area (Å²) in [4.78, 5) is 15.2. The molecule has 1 saturated heterocycles. The normalized spacial score (nSPS) is 23.9. The molecule has 0 saturated carbocycles. The minimum absolute atomic E-state index is 0.0368. The van der Waals surface area contributed by atoms with Gasteiger partial charge in [0.15, 0.2) is 5.76 Å². The van der Waals surface area contributed by atoms with E-state index in [2.05, 4.69) is 6.07 Å². The zero-order chi connectivity index (χ0) is 15.4. The van der Waals surface area contributed by atoms with Crippen molar-refractivity contribution in [1.29, 1.82) is 0 Å². The molecule has 22 heavy (non-hydrogen) atoms. The Morgan fingerprint density at radius 3 is 3.00 bits per heavy atom. The maximum Gasteiger partial charge on any atom is 0.288 e. The maximum absolute atomic E-state index is 12.2. The van der Waals surface area contributed by atoms with Crippen molar-refractivity contribution in [3.63, 3.8) is 0 Å². The largest absolute Gasteiger partial charge is 0.459 e. The number of hydrogen-bond acceptors (Lipinski definition) is 5. The van der Waals surface area contributed by atoms with Gasteiger partial charge in [-0.3, -0.25) is 4.79 Å². The van der Waals surface area contributed by atoms with E-state index in [1.54, 1.807) is 16.2 Å². The number of thiophene rings is 1. The van der Waals surface area contributed by atoms with Crippen LogP contribution in [0.15, 0.2) is 29.3 Å². The lowest BCUT2D eigenvalue weighted by molar-refractivity contribution is -0.149. The van der Waals surface area contributed by atoms with Gasteiger partial charge in [0.2, 0.25) is 6.29 Å². The van der Waals surface area contributed by atoms with E-state index < -0.39 is 6.29 Å². The van der Waals surface area contributed by atoms with Gasteiger partial charge in [-0.25, -0.2) is 0 Å². The van der Waals surface area contributed by atoms with Crippen molar-refractivity contribution in [2.75, 3.05) is 26.3 Å². The second-order valence-electron chi connectivity index (χ2n) is 5.53. The Labute approximate surface area is 134 Å². The first-order valence-corrected chi connectivity index (χ1v) is 8.59. The van der Waals surface area contributed by atoms with Gasteiger partial charge in [-0.2, -0.15) is 0 Å². The zero-order valence-electron chi connectivity index (χ0n) is 12.4. The molecule has 1 fully saturated rings. The van der Waals surface area contributed by atoms with Crippen LogP contribution in [0.25, 0.3) is 0 Å². The predicted octanol–water partition coefficient (Wildman–Crippen LogP) is 2.09. The van der Waals surface area contributed by atoms with Gasteiger partial charge in [-0.1, -0.05) is 6.07 Å². The fraction of sp³-hybridized carbons (Fsp3) is 0.562. The van der Waals surface area contributed by atoms with Gasteiger partial charge >= 0.3 is 0 Å². The number of rotatable bonds is 7. The standard InChI is InChI=1S/C16H21NO4S/c18-7-1-2-8-20-15-11-12(14-4-3-9-22-14)10-13(21-15)16(19)17-5-6-17/h3-4,9-10,12,15,18H,1-2,5-8,11H2/t12-,15+/m0/s1. The smallest absolute Gasteiger partial charge is 0.288 e. The van der Waals surface area contributed by atoms with E-state index in [0.717, 1.165) is 32.4 Å². The summed E-state index contributed by atoms with van der Waals surface area (Å²) in [7, 11) is 0. The van der Waals surface area contributed by atoms with Crippen LogP contribution in [0.1, 0.15) is 30.1 Å². The van der Waals surface area contributed by atoms with Crippen LogP contribution in [0.4, 0.5) is 0 Å². The van der Waals surface area contributed by atoms with E-state index in [1.807, 2.05) is 17.5 Å². The fourth-order valence-corrected chi connectivity index (χ4v) is 3.26. The van der Waals surface area contributed by atoms with Gasteiger partial charge in [0.05, 0.1) is 6.61 Å². The highest BCUT2D eigenvalue weighted by atomic mass is 32.1. The highest BCUT2D eigenvalue weighted by Gasteiger charge is 2.34. The van der Waals surface area contributed by atoms with Crippen LogP contribution in [-0.4, -0.2) is 48.5 Å². The van der Waals surface area contributed by atoms with Gasteiger partial charge in [0.1, 0.15) is 0 Å². The van der Waals surface area contributed by atoms with Crippen molar-refractivity contribution in [2.24, 2.45) is 0 Å². The number of aliphatic hydroxyl groups excluding tert-OH is 1. The number of allylic oxidation sites excluding steroid dienone is 1. The second kappa shape index (κ2) is 7.26. The van der Waals surface area contributed by atoms with Gasteiger partial charge in [0.25, 0.3) is 5.91 Å². The number of carbonyl (C=O) groups excluding carboxylic acids is 1. The van der Waals surface area contributed by atoms with Gasteiger partial charge in [-0.15, -0.1) is 11.3 Å². The number of carbonyl (C=O) groups is 1. The lowest BCUT2D eigenvalue weighted by atomic mass is 9.99. The fourth-order valence-electron chi connectivity index (χ4n) is 2.45. The summed E-state index contributed by atoms with van der Waals surface area (Å²) in [6.07, 6.45) is 3.77. The quantitative estimate of drug-likeness (QED) is 0.617. The van der Waals surface area contributed by atoms with E-state index >= 15 is 0 Å². The molecule has 1 aromatic rings. The van der Waals surface area contributed by atoms with Crippen LogP contribution in [0, 0.1) is 0 Å². The van der Waals surface area contributed by atoms with Crippen molar-refractivity contribution in [3.8, 4) is 0 Å². The molecule has 5 nitrogen and oxygen atoms in total. The molecule has 0 unspecified atom stereocenters. The first kappa shape index (κ1) is 15.5. The van der Waals surface area contributed by atoms with Crippen molar-refractivity contribution >= 4 is 17.2 Å². The maximum atomic E-state index is 12.2. The molecule has 0 bridgehead atoms. The summed E-state index contributed by atoms with van der Waals surface area (Å²) in [6, 6.07) is 4.10. The topological polar surface area (TPSA) is 58.8 Å². The summed E-state index contributed by atoms with van der Waals surface area (Å²) < 4.78 is 11.5. The third kappa shape index (κ3) is 3.88. The molecular formula is C16H21NO4S. The molecule has 3 heterocycles. The third-order valence-electron chi connectivity index (χ3n) is 3.77. The van der Waals surface area contributed by atoms with E-state index in [9.17, 15) is 4.79 Å². The molecule has 120 valence electrons. The van der Waals surface area contributed by atoms with Crippen molar-refractivity contribution < 1.29 is 19.4 Å². The molecule has 3 rings (SSSR count). The van der Waals surface area contributed by atoms with E-state index in [1.165, 1.54) is 4.88 Å². The van der Waals surface area contributed by atoms with E-state index in [0.29, 0.717) is 12.4 Å². The number of ether oxygens (including phenoxy) is 2. The lowest BCUT2D eigenvalue weighted by Gasteiger charge is -2.28. The third-order valence-corrected chi connectivity index (χ3v) is 4.77. The molecule has 2 aliphatic rings. The van der Waals surface area contributed by atoms with Crippen LogP contribution >= 0.6 is 11.3 Å². The van der Waals surface area contributed by atoms with E-state index in [-0.39, 0.29) is 18.4 Å². The first-order valence-electron chi connectivity index (χ1n) is 7.71. The zero-order valence-corrected chi connectivity index (χ0v) is 13.3. The van der Waals surface area contributed by atoms with Gasteiger partial charge in [0, 0.05) is 36.9 Å². The van der Waals surface area contributed by atoms with E-state index in [4.69, 9.17) is 14.6 Å². The molecule has 6 heteroatoms. The Kier molecular flexibility index (Phi) is 5.12. The number of aliphatic hydroxyl groups is 1. The number of hydrogen-bond donors (Lipinski definition) is 1. The SMILES string of the molecule is O=C(C1=C[C@H](c2cccs2)C[C@H](OCCCCO)O1)N1CC1. The lowest BCUT2D eigenvalue weighted by Crippen LogP contribution is -2.29. The molecule has 1 aromatic heterocycles. The molecule has 0 radical (unpaired) electrons. The number of amides is 1. The van der Waals surface area contributed by atoms with Gasteiger partial charge < -0.3 is 19.5 Å². The Balaban J connectivity index is 1.66. The number of nitrogens with zero attached hydrogens (tertiary/aromatic N) is 1. The Hall–Kier alpha value is -1.37.